The highest BCUT2D eigenvalue weighted by Gasteiger charge is 2.16. The molecule has 0 fully saturated rings. The predicted octanol–water partition coefficient (Wildman–Crippen LogP) is 2.91. The molecule has 0 aliphatic rings. The van der Waals surface area contributed by atoms with Crippen molar-refractivity contribution in [3.8, 4) is 11.4 Å². The molecule has 0 atom stereocenters. The van der Waals surface area contributed by atoms with Gasteiger partial charge in [-0.1, -0.05) is 6.07 Å². The number of imidazole rings is 1. The first kappa shape index (κ1) is 13.7. The summed E-state index contributed by atoms with van der Waals surface area (Å²) < 4.78 is 50.5. The van der Waals surface area contributed by atoms with E-state index < -0.39 is 21.5 Å². The van der Waals surface area contributed by atoms with E-state index in [1.54, 1.807) is 0 Å². The average molecular weight is 308 g/mol. The molecule has 0 aliphatic carbocycles. The van der Waals surface area contributed by atoms with Crippen molar-refractivity contribution in [2.45, 2.75) is 4.90 Å². The monoisotopic (exact) mass is 308 g/mol. The number of nitrogens with zero attached hydrogens (tertiary/aromatic N) is 1. The van der Waals surface area contributed by atoms with Crippen LogP contribution >= 0.6 is 0 Å². The van der Waals surface area contributed by atoms with Gasteiger partial charge >= 0.3 is 0 Å². The molecule has 1 aromatic heterocycles. The summed E-state index contributed by atoms with van der Waals surface area (Å²) in [5, 5.41) is 0. The quantitative estimate of drug-likeness (QED) is 0.792. The van der Waals surface area contributed by atoms with Gasteiger partial charge in [-0.05, 0) is 30.3 Å². The Morgan fingerprint density at radius 3 is 2.38 bits per heavy atom. The number of aromatic nitrogens is 2. The van der Waals surface area contributed by atoms with Gasteiger partial charge in [-0.15, -0.1) is 0 Å². The Morgan fingerprint density at radius 2 is 1.76 bits per heavy atom. The molecule has 3 rings (SSSR count). The maximum atomic E-state index is 13.7. The largest absolute Gasteiger partial charge is 0.338 e. The molecule has 0 spiro atoms. The third-order valence-corrected chi connectivity index (χ3v) is 4.19. The smallest absolute Gasteiger partial charge is 0.175 e. The van der Waals surface area contributed by atoms with E-state index >= 15 is 0 Å². The maximum absolute atomic E-state index is 13.7. The van der Waals surface area contributed by atoms with Crippen LogP contribution in [0.2, 0.25) is 0 Å². The third kappa shape index (κ3) is 2.40. The maximum Gasteiger partial charge on any atom is 0.175 e. The lowest BCUT2D eigenvalue weighted by molar-refractivity contribution is 0.588. The van der Waals surface area contributed by atoms with Crippen molar-refractivity contribution >= 4 is 20.9 Å². The van der Waals surface area contributed by atoms with Crippen LogP contribution in [0.5, 0.6) is 0 Å². The molecule has 1 heterocycles. The number of hydrogen-bond acceptors (Lipinski definition) is 3. The van der Waals surface area contributed by atoms with E-state index in [1.165, 1.54) is 24.3 Å². The Morgan fingerprint density at radius 1 is 1.10 bits per heavy atom. The molecule has 21 heavy (non-hydrogen) atoms. The molecule has 7 heteroatoms. The Labute approximate surface area is 119 Å². The van der Waals surface area contributed by atoms with Gasteiger partial charge < -0.3 is 4.98 Å². The number of H-pyrrole nitrogens is 1. The molecular weight excluding hydrogens is 298 g/mol. The van der Waals surface area contributed by atoms with Gasteiger partial charge in [0.1, 0.15) is 17.5 Å². The number of halogens is 2. The molecule has 0 bridgehead atoms. The molecule has 0 unspecified atom stereocenters. The normalized spacial score (nSPS) is 12.0. The fourth-order valence-electron chi connectivity index (χ4n) is 2.06. The van der Waals surface area contributed by atoms with Gasteiger partial charge in [0.25, 0.3) is 0 Å². The van der Waals surface area contributed by atoms with Crippen LogP contribution in [0.3, 0.4) is 0 Å². The fourth-order valence-corrected chi connectivity index (χ4v) is 2.71. The van der Waals surface area contributed by atoms with E-state index in [-0.39, 0.29) is 16.3 Å². The molecule has 2 aromatic carbocycles. The van der Waals surface area contributed by atoms with Crippen LogP contribution in [0.1, 0.15) is 0 Å². The van der Waals surface area contributed by atoms with Gasteiger partial charge in [0.05, 0.1) is 21.5 Å². The molecule has 0 aliphatic heterocycles. The average Bonchev–Trinajstić information content (AvgIpc) is 2.79. The third-order valence-electron chi connectivity index (χ3n) is 3.08. The number of benzene rings is 2. The van der Waals surface area contributed by atoms with Crippen molar-refractivity contribution in [1.29, 1.82) is 0 Å². The van der Waals surface area contributed by atoms with E-state index in [0.717, 1.165) is 18.4 Å². The Kier molecular flexibility index (Phi) is 3.02. The van der Waals surface area contributed by atoms with Crippen molar-refractivity contribution in [1.82, 2.24) is 9.97 Å². The topological polar surface area (TPSA) is 62.8 Å². The number of sulfone groups is 1. The summed E-state index contributed by atoms with van der Waals surface area (Å²) in [6.07, 6.45) is 1.09. The number of nitrogens with one attached hydrogen (secondary N) is 1. The van der Waals surface area contributed by atoms with Crippen molar-refractivity contribution in [3.63, 3.8) is 0 Å². The molecule has 0 saturated heterocycles. The SMILES string of the molecule is CS(=O)(=O)c1ccc2nc(-c3c(F)cccc3F)[nH]c2c1. The molecule has 0 radical (unpaired) electrons. The van der Waals surface area contributed by atoms with Crippen LogP contribution in [-0.2, 0) is 9.84 Å². The zero-order valence-corrected chi connectivity index (χ0v) is 11.7. The highest BCUT2D eigenvalue weighted by molar-refractivity contribution is 7.90. The molecule has 1 N–H and O–H groups in total. The zero-order chi connectivity index (χ0) is 15.2. The minimum absolute atomic E-state index is 0.0197. The van der Waals surface area contributed by atoms with Crippen LogP contribution in [-0.4, -0.2) is 24.6 Å². The molecule has 4 nitrogen and oxygen atoms in total. The molecule has 0 saturated carbocycles. The van der Waals surface area contributed by atoms with Crippen LogP contribution in [0.15, 0.2) is 41.3 Å². The predicted molar refractivity (Wildman–Crippen MR) is 74.6 cm³/mol. The van der Waals surface area contributed by atoms with Crippen molar-refractivity contribution in [3.05, 3.63) is 48.0 Å². The first-order chi connectivity index (χ1) is 9.86. The minimum atomic E-state index is -3.36. The second-order valence-corrected chi connectivity index (χ2v) is 6.65. The lowest BCUT2D eigenvalue weighted by Gasteiger charge is -2.00. The second kappa shape index (κ2) is 4.63. The van der Waals surface area contributed by atoms with Gasteiger partial charge in [0.2, 0.25) is 0 Å². The Hall–Kier alpha value is -2.28. The van der Waals surface area contributed by atoms with Crippen molar-refractivity contribution in [2.75, 3.05) is 6.26 Å². The summed E-state index contributed by atoms with van der Waals surface area (Å²) in [5.74, 6) is -1.46. The number of hydrogen-bond donors (Lipinski definition) is 1. The summed E-state index contributed by atoms with van der Waals surface area (Å²) in [6.45, 7) is 0. The van der Waals surface area contributed by atoms with E-state index in [9.17, 15) is 17.2 Å². The van der Waals surface area contributed by atoms with Crippen LogP contribution in [0.25, 0.3) is 22.4 Å². The van der Waals surface area contributed by atoms with Crippen molar-refractivity contribution in [2.24, 2.45) is 0 Å². The molecule has 3 aromatic rings. The lowest BCUT2D eigenvalue weighted by atomic mass is 10.2. The van der Waals surface area contributed by atoms with Gasteiger partial charge in [-0.3, -0.25) is 0 Å². The van der Waals surface area contributed by atoms with E-state index in [2.05, 4.69) is 9.97 Å². The van der Waals surface area contributed by atoms with Crippen LogP contribution in [0.4, 0.5) is 8.78 Å². The van der Waals surface area contributed by atoms with E-state index in [0.29, 0.717) is 11.0 Å². The number of fused-ring (bicyclic) bond motifs is 1. The summed E-state index contributed by atoms with van der Waals surface area (Å²) in [5.41, 5.74) is 0.560. The van der Waals surface area contributed by atoms with E-state index in [4.69, 9.17) is 0 Å². The summed E-state index contributed by atoms with van der Waals surface area (Å²) >= 11 is 0. The highest BCUT2D eigenvalue weighted by Crippen LogP contribution is 2.26. The Bertz CT molecular complexity index is 929. The number of rotatable bonds is 2. The molecule has 0 amide bonds. The second-order valence-electron chi connectivity index (χ2n) is 4.63. The van der Waals surface area contributed by atoms with Crippen LogP contribution < -0.4 is 0 Å². The van der Waals surface area contributed by atoms with Crippen LogP contribution in [0, 0.1) is 11.6 Å². The summed E-state index contributed by atoms with van der Waals surface area (Å²) in [7, 11) is -3.36. The number of aromatic amines is 1. The summed E-state index contributed by atoms with van der Waals surface area (Å²) in [6, 6.07) is 7.81. The first-order valence-electron chi connectivity index (χ1n) is 6.00. The van der Waals surface area contributed by atoms with Gasteiger partial charge in [0, 0.05) is 6.26 Å². The standard InChI is InChI=1S/C14H10F2N2O2S/c1-21(19,20)8-5-6-11-12(7-8)18-14(17-11)13-9(15)3-2-4-10(13)16/h2-7H,1H3,(H,17,18). The van der Waals surface area contributed by atoms with Crippen molar-refractivity contribution < 1.29 is 17.2 Å². The highest BCUT2D eigenvalue weighted by atomic mass is 32.2. The van der Waals surface area contributed by atoms with E-state index in [1.807, 2.05) is 0 Å². The fraction of sp³-hybridized carbons (Fsp3) is 0.0714. The first-order valence-corrected chi connectivity index (χ1v) is 7.89. The lowest BCUT2D eigenvalue weighted by Crippen LogP contribution is -1.96. The van der Waals surface area contributed by atoms with Gasteiger partial charge in [-0.25, -0.2) is 22.2 Å². The Balaban J connectivity index is 2.23. The molecule has 108 valence electrons. The zero-order valence-electron chi connectivity index (χ0n) is 10.9. The van der Waals surface area contributed by atoms with Gasteiger partial charge in [-0.2, -0.15) is 0 Å². The minimum Gasteiger partial charge on any atom is -0.338 e. The summed E-state index contributed by atoms with van der Waals surface area (Å²) in [4.78, 5) is 6.96. The van der Waals surface area contributed by atoms with Gasteiger partial charge in [0.15, 0.2) is 9.84 Å². The molecular formula is C14H10F2N2O2S.